The molecule has 2 heterocycles. The Bertz CT molecular complexity index is 1210. The predicted molar refractivity (Wildman–Crippen MR) is 124 cm³/mol. The maximum atomic E-state index is 12.9. The number of hydrogen-bond acceptors (Lipinski definition) is 5. The van der Waals surface area contributed by atoms with Gasteiger partial charge in [0.25, 0.3) is 0 Å². The lowest BCUT2D eigenvalue weighted by Crippen LogP contribution is -2.35. The molecule has 4 rings (SSSR count). The minimum atomic E-state index is -3.46. The highest BCUT2D eigenvalue weighted by Gasteiger charge is 2.25. The number of rotatable bonds is 6. The number of aliphatic hydroxyl groups excluding tert-OH is 1. The quantitative estimate of drug-likeness (QED) is 0.576. The molecule has 1 fully saturated rings. The second kappa shape index (κ2) is 9.67. The van der Waals surface area contributed by atoms with Crippen molar-refractivity contribution in [2.75, 3.05) is 19.7 Å². The van der Waals surface area contributed by atoms with Crippen LogP contribution in [0.2, 0.25) is 5.02 Å². The first-order valence-electron chi connectivity index (χ1n) is 10.2. The molecule has 0 spiro atoms. The molecule has 1 aromatic heterocycles. The summed E-state index contributed by atoms with van der Waals surface area (Å²) in [5.74, 6) is 0. The van der Waals surface area contributed by atoms with Gasteiger partial charge in [-0.25, -0.2) is 13.4 Å². The standard InChI is InChI=1S/C22H24ClN3O3S2/c23-18-5-4-6-19(15-18)24-22-26(13-14-27)21(16-30-22)17-7-9-20(10-8-17)31(28,29)25-11-2-1-3-12-25/h4-10,15-16,27H,1-3,11-14H2. The number of nitrogens with zero attached hydrogens (tertiary/aromatic N) is 3. The Kier molecular flexibility index (Phi) is 6.93. The summed E-state index contributed by atoms with van der Waals surface area (Å²) in [4.78, 5) is 5.71. The van der Waals surface area contributed by atoms with E-state index in [0.29, 0.717) is 29.6 Å². The molecule has 1 aliphatic rings. The van der Waals surface area contributed by atoms with E-state index in [4.69, 9.17) is 11.6 Å². The molecule has 0 atom stereocenters. The highest BCUT2D eigenvalue weighted by molar-refractivity contribution is 7.89. The van der Waals surface area contributed by atoms with Gasteiger partial charge in [0, 0.05) is 30.0 Å². The van der Waals surface area contributed by atoms with Crippen LogP contribution in [0.3, 0.4) is 0 Å². The van der Waals surface area contributed by atoms with Gasteiger partial charge >= 0.3 is 0 Å². The first-order valence-corrected chi connectivity index (χ1v) is 12.9. The Morgan fingerprint density at radius 1 is 1.06 bits per heavy atom. The molecule has 0 saturated carbocycles. The van der Waals surface area contributed by atoms with Crippen LogP contribution in [0.25, 0.3) is 11.3 Å². The van der Waals surface area contributed by atoms with Crippen molar-refractivity contribution >= 4 is 38.6 Å². The van der Waals surface area contributed by atoms with E-state index in [1.54, 1.807) is 28.6 Å². The maximum absolute atomic E-state index is 12.9. The minimum Gasteiger partial charge on any atom is -0.395 e. The third-order valence-corrected chi connectivity index (χ3v) is 8.27. The fourth-order valence-electron chi connectivity index (χ4n) is 3.67. The zero-order chi connectivity index (χ0) is 21.8. The normalized spacial score (nSPS) is 16.0. The van der Waals surface area contributed by atoms with Gasteiger partial charge in [0.2, 0.25) is 10.0 Å². The molecule has 0 bridgehead atoms. The van der Waals surface area contributed by atoms with Crippen LogP contribution in [-0.4, -0.2) is 42.1 Å². The van der Waals surface area contributed by atoms with Crippen molar-refractivity contribution in [3.63, 3.8) is 0 Å². The Morgan fingerprint density at radius 3 is 2.48 bits per heavy atom. The van der Waals surface area contributed by atoms with Crippen LogP contribution in [0.1, 0.15) is 19.3 Å². The van der Waals surface area contributed by atoms with Gasteiger partial charge in [-0.05, 0) is 48.7 Å². The summed E-state index contributed by atoms with van der Waals surface area (Å²) in [5.41, 5.74) is 2.48. The molecular weight excluding hydrogens is 454 g/mol. The topological polar surface area (TPSA) is 74.9 Å². The molecule has 0 unspecified atom stereocenters. The lowest BCUT2D eigenvalue weighted by atomic mass is 10.2. The monoisotopic (exact) mass is 477 g/mol. The van der Waals surface area contributed by atoms with E-state index in [9.17, 15) is 13.5 Å². The lowest BCUT2D eigenvalue weighted by molar-refractivity contribution is 0.275. The van der Waals surface area contributed by atoms with Crippen molar-refractivity contribution < 1.29 is 13.5 Å². The third kappa shape index (κ3) is 4.94. The van der Waals surface area contributed by atoms with Crippen LogP contribution in [0.4, 0.5) is 5.69 Å². The van der Waals surface area contributed by atoms with Crippen molar-refractivity contribution in [1.82, 2.24) is 8.87 Å². The lowest BCUT2D eigenvalue weighted by Gasteiger charge is -2.25. The third-order valence-electron chi connectivity index (χ3n) is 5.26. The number of hydrogen-bond donors (Lipinski definition) is 1. The second-order valence-electron chi connectivity index (χ2n) is 7.36. The van der Waals surface area contributed by atoms with E-state index in [-0.39, 0.29) is 6.61 Å². The average molecular weight is 478 g/mol. The summed E-state index contributed by atoms with van der Waals surface area (Å²) in [5, 5.41) is 12.1. The molecule has 164 valence electrons. The van der Waals surface area contributed by atoms with E-state index in [0.717, 1.165) is 41.0 Å². The van der Waals surface area contributed by atoms with Crippen LogP contribution >= 0.6 is 22.9 Å². The molecule has 31 heavy (non-hydrogen) atoms. The highest BCUT2D eigenvalue weighted by atomic mass is 35.5. The van der Waals surface area contributed by atoms with Crippen LogP contribution in [0.5, 0.6) is 0 Å². The van der Waals surface area contributed by atoms with Crippen LogP contribution < -0.4 is 4.80 Å². The predicted octanol–water partition coefficient (Wildman–Crippen LogP) is 4.27. The molecule has 6 nitrogen and oxygen atoms in total. The molecular formula is C22H24ClN3O3S2. The number of benzene rings is 2. The number of piperidine rings is 1. The van der Waals surface area contributed by atoms with Gasteiger partial charge in [-0.2, -0.15) is 4.31 Å². The summed E-state index contributed by atoms with van der Waals surface area (Å²) >= 11 is 7.52. The van der Waals surface area contributed by atoms with Crippen molar-refractivity contribution in [3.05, 3.63) is 63.7 Å². The summed E-state index contributed by atoms with van der Waals surface area (Å²) < 4.78 is 29.3. The SMILES string of the molecule is O=S(=O)(c1ccc(-c2csc(=Nc3cccc(Cl)c3)n2CCO)cc1)N1CCCCC1. The molecule has 1 aliphatic heterocycles. The Hall–Kier alpha value is -1.97. The fourth-order valence-corrected chi connectivity index (χ4v) is 6.33. The average Bonchev–Trinajstić information content (AvgIpc) is 3.17. The number of thiazole rings is 1. The molecule has 3 aromatic rings. The van der Waals surface area contributed by atoms with Gasteiger partial charge in [0.15, 0.2) is 4.80 Å². The molecule has 0 aliphatic carbocycles. The highest BCUT2D eigenvalue weighted by Crippen LogP contribution is 2.26. The van der Waals surface area contributed by atoms with Crippen molar-refractivity contribution in [1.29, 1.82) is 0 Å². The number of sulfonamides is 1. The molecule has 9 heteroatoms. The zero-order valence-corrected chi connectivity index (χ0v) is 19.3. The van der Waals surface area contributed by atoms with Crippen molar-refractivity contribution in [3.8, 4) is 11.3 Å². The number of aliphatic hydroxyl groups is 1. The molecule has 0 amide bonds. The number of halogens is 1. The van der Waals surface area contributed by atoms with Crippen molar-refractivity contribution in [2.45, 2.75) is 30.7 Å². The van der Waals surface area contributed by atoms with Crippen LogP contribution in [0.15, 0.2) is 63.8 Å². The first-order chi connectivity index (χ1) is 15.0. The largest absolute Gasteiger partial charge is 0.395 e. The van der Waals surface area contributed by atoms with Crippen LogP contribution in [0, 0.1) is 0 Å². The smallest absolute Gasteiger partial charge is 0.243 e. The summed E-state index contributed by atoms with van der Waals surface area (Å²) in [6, 6.07) is 14.2. The van der Waals surface area contributed by atoms with Gasteiger partial charge in [0.05, 0.1) is 22.9 Å². The Balaban J connectivity index is 1.67. The summed E-state index contributed by atoms with van der Waals surface area (Å²) in [6.45, 7) is 1.51. The Labute approximate surface area is 191 Å². The van der Waals surface area contributed by atoms with Gasteiger partial charge < -0.3 is 9.67 Å². The summed E-state index contributed by atoms with van der Waals surface area (Å²) in [6.07, 6.45) is 2.90. The van der Waals surface area contributed by atoms with E-state index in [2.05, 4.69) is 4.99 Å². The van der Waals surface area contributed by atoms with Crippen molar-refractivity contribution in [2.24, 2.45) is 4.99 Å². The van der Waals surface area contributed by atoms with Gasteiger partial charge in [-0.3, -0.25) is 0 Å². The van der Waals surface area contributed by atoms with E-state index >= 15 is 0 Å². The first kappa shape index (κ1) is 22.2. The maximum Gasteiger partial charge on any atom is 0.243 e. The molecule has 1 N–H and O–H groups in total. The minimum absolute atomic E-state index is 0.0338. The van der Waals surface area contributed by atoms with E-state index < -0.39 is 10.0 Å². The summed E-state index contributed by atoms with van der Waals surface area (Å²) in [7, 11) is -3.46. The fraction of sp³-hybridized carbons (Fsp3) is 0.318. The van der Waals surface area contributed by atoms with E-state index in [1.165, 1.54) is 11.3 Å². The molecule has 0 radical (unpaired) electrons. The van der Waals surface area contributed by atoms with Gasteiger partial charge in [0.1, 0.15) is 0 Å². The van der Waals surface area contributed by atoms with E-state index in [1.807, 2.05) is 34.2 Å². The zero-order valence-electron chi connectivity index (χ0n) is 16.9. The van der Waals surface area contributed by atoms with Gasteiger partial charge in [-0.1, -0.05) is 36.2 Å². The number of aromatic nitrogens is 1. The van der Waals surface area contributed by atoms with Crippen LogP contribution in [-0.2, 0) is 16.6 Å². The second-order valence-corrected chi connectivity index (χ2v) is 10.6. The Morgan fingerprint density at radius 2 is 1.81 bits per heavy atom. The molecule has 1 saturated heterocycles. The van der Waals surface area contributed by atoms with Gasteiger partial charge in [-0.15, -0.1) is 11.3 Å². The molecule has 2 aromatic carbocycles.